The molecule has 0 bridgehead atoms. The molecule has 1 aliphatic rings. The molecule has 0 saturated carbocycles. The minimum absolute atomic E-state index is 0.132. The van der Waals surface area contributed by atoms with Gasteiger partial charge in [-0.2, -0.15) is 0 Å². The van der Waals surface area contributed by atoms with E-state index >= 15 is 0 Å². The maximum absolute atomic E-state index is 12.7. The molecule has 3 rings (SSSR count). The molecule has 0 unspecified atom stereocenters. The van der Waals surface area contributed by atoms with Gasteiger partial charge in [0.2, 0.25) is 5.91 Å². The summed E-state index contributed by atoms with van der Waals surface area (Å²) in [7, 11) is 4.87. The molecule has 0 N–H and O–H groups in total. The van der Waals surface area contributed by atoms with E-state index in [1.54, 1.807) is 21.3 Å². The van der Waals surface area contributed by atoms with Crippen LogP contribution in [0.25, 0.3) is 0 Å². The number of carbonyl (C=O) groups excluding carboxylic acids is 1. The van der Waals surface area contributed by atoms with Gasteiger partial charge in [-0.3, -0.25) is 4.79 Å². The number of carbonyl (C=O) groups is 1. The lowest BCUT2D eigenvalue weighted by Crippen LogP contribution is -2.49. The third kappa shape index (κ3) is 4.45. The molecule has 1 heterocycles. The van der Waals surface area contributed by atoms with Crippen molar-refractivity contribution in [2.75, 3.05) is 52.4 Å². The maximum Gasteiger partial charge on any atom is 0.227 e. The number of hydrogen-bond acceptors (Lipinski definition) is 5. The summed E-state index contributed by atoms with van der Waals surface area (Å²) in [6.07, 6.45) is 0.361. The van der Waals surface area contributed by atoms with Crippen LogP contribution in [0.1, 0.15) is 5.56 Å². The summed E-state index contributed by atoms with van der Waals surface area (Å²) in [5.41, 5.74) is 2.05. The lowest BCUT2D eigenvalue weighted by molar-refractivity contribution is -0.130. The van der Waals surface area contributed by atoms with Crippen LogP contribution in [0.15, 0.2) is 42.5 Å². The molecule has 6 heteroatoms. The number of methoxy groups -OCH3 is 3. The highest BCUT2D eigenvalue weighted by atomic mass is 16.5. The molecule has 2 aromatic rings. The molecule has 0 radical (unpaired) electrons. The number of amides is 1. The Morgan fingerprint density at radius 2 is 1.63 bits per heavy atom. The van der Waals surface area contributed by atoms with Crippen LogP contribution < -0.4 is 19.1 Å². The highest BCUT2D eigenvalue weighted by Gasteiger charge is 2.22. The topological polar surface area (TPSA) is 51.2 Å². The fourth-order valence-electron chi connectivity index (χ4n) is 3.30. The number of piperazine rings is 1. The maximum atomic E-state index is 12.7. The second kappa shape index (κ2) is 8.66. The van der Waals surface area contributed by atoms with E-state index in [0.717, 1.165) is 30.1 Å². The van der Waals surface area contributed by atoms with Crippen molar-refractivity contribution in [3.05, 3.63) is 48.0 Å². The summed E-state index contributed by atoms with van der Waals surface area (Å²) < 4.78 is 15.9. The lowest BCUT2D eigenvalue weighted by Gasteiger charge is -2.36. The van der Waals surface area contributed by atoms with Crippen molar-refractivity contribution in [1.29, 1.82) is 0 Å². The van der Waals surface area contributed by atoms with Crippen LogP contribution in [-0.2, 0) is 11.2 Å². The summed E-state index contributed by atoms with van der Waals surface area (Å²) >= 11 is 0. The molecule has 2 aromatic carbocycles. The Bertz CT molecular complexity index is 786. The van der Waals surface area contributed by atoms with Gasteiger partial charge in [0, 0.05) is 37.9 Å². The molecule has 27 heavy (non-hydrogen) atoms. The largest absolute Gasteiger partial charge is 0.497 e. The van der Waals surface area contributed by atoms with Gasteiger partial charge in [-0.15, -0.1) is 0 Å². The van der Waals surface area contributed by atoms with Gasteiger partial charge in [0.05, 0.1) is 27.8 Å². The quantitative estimate of drug-likeness (QED) is 0.782. The van der Waals surface area contributed by atoms with E-state index in [9.17, 15) is 4.79 Å². The predicted molar refractivity (Wildman–Crippen MR) is 105 cm³/mol. The van der Waals surface area contributed by atoms with Crippen LogP contribution in [0.3, 0.4) is 0 Å². The fraction of sp³-hybridized carbons (Fsp3) is 0.381. The summed E-state index contributed by atoms with van der Waals surface area (Å²) in [6.45, 7) is 3.04. The van der Waals surface area contributed by atoms with Gasteiger partial charge >= 0.3 is 0 Å². The molecule has 6 nitrogen and oxygen atoms in total. The molecule has 1 amide bonds. The van der Waals surface area contributed by atoms with Gasteiger partial charge in [-0.1, -0.05) is 12.1 Å². The second-order valence-corrected chi connectivity index (χ2v) is 6.44. The highest BCUT2D eigenvalue weighted by molar-refractivity contribution is 5.79. The van der Waals surface area contributed by atoms with Crippen molar-refractivity contribution >= 4 is 11.6 Å². The van der Waals surface area contributed by atoms with Crippen LogP contribution in [0.2, 0.25) is 0 Å². The molecule has 1 aliphatic heterocycles. The highest BCUT2D eigenvalue weighted by Crippen LogP contribution is 2.28. The molecule has 1 fully saturated rings. The van der Waals surface area contributed by atoms with E-state index in [1.807, 2.05) is 41.3 Å². The third-order valence-corrected chi connectivity index (χ3v) is 4.85. The van der Waals surface area contributed by atoms with Crippen LogP contribution in [0, 0.1) is 0 Å². The van der Waals surface area contributed by atoms with Crippen LogP contribution in [0.4, 0.5) is 5.69 Å². The number of benzene rings is 2. The van der Waals surface area contributed by atoms with E-state index in [4.69, 9.17) is 14.2 Å². The van der Waals surface area contributed by atoms with Gasteiger partial charge in [0.25, 0.3) is 0 Å². The molecular formula is C21H26N2O4. The second-order valence-electron chi connectivity index (χ2n) is 6.44. The zero-order valence-corrected chi connectivity index (χ0v) is 16.1. The monoisotopic (exact) mass is 370 g/mol. The first kappa shape index (κ1) is 18.9. The number of ether oxygens (including phenoxy) is 3. The number of rotatable bonds is 6. The van der Waals surface area contributed by atoms with E-state index in [0.29, 0.717) is 31.0 Å². The van der Waals surface area contributed by atoms with Gasteiger partial charge in [-0.25, -0.2) is 0 Å². The van der Waals surface area contributed by atoms with Crippen LogP contribution >= 0.6 is 0 Å². The van der Waals surface area contributed by atoms with Crippen LogP contribution in [0.5, 0.6) is 17.2 Å². The smallest absolute Gasteiger partial charge is 0.227 e. The summed E-state index contributed by atoms with van der Waals surface area (Å²) in [5.74, 6) is 2.29. The minimum atomic E-state index is 0.132. The predicted octanol–water partition coefficient (Wildman–Crippen LogP) is 2.60. The molecular weight excluding hydrogens is 344 g/mol. The van der Waals surface area contributed by atoms with E-state index in [1.165, 1.54) is 0 Å². The first-order valence-electron chi connectivity index (χ1n) is 9.02. The first-order valence-corrected chi connectivity index (χ1v) is 9.02. The Hall–Kier alpha value is -2.89. The lowest BCUT2D eigenvalue weighted by atomic mass is 10.1. The van der Waals surface area contributed by atoms with Gasteiger partial charge in [0.15, 0.2) is 11.5 Å². The Kier molecular flexibility index (Phi) is 6.06. The average Bonchev–Trinajstić information content (AvgIpc) is 2.73. The zero-order valence-electron chi connectivity index (χ0n) is 16.1. The molecule has 1 saturated heterocycles. The van der Waals surface area contributed by atoms with Crippen molar-refractivity contribution in [1.82, 2.24) is 4.90 Å². The summed E-state index contributed by atoms with van der Waals surface area (Å²) in [4.78, 5) is 16.9. The molecule has 0 spiro atoms. The van der Waals surface area contributed by atoms with Crippen LogP contribution in [-0.4, -0.2) is 58.3 Å². The Morgan fingerprint density at radius 3 is 2.30 bits per heavy atom. The fourth-order valence-corrected chi connectivity index (χ4v) is 3.30. The van der Waals surface area contributed by atoms with Gasteiger partial charge < -0.3 is 24.0 Å². The van der Waals surface area contributed by atoms with E-state index < -0.39 is 0 Å². The summed E-state index contributed by atoms with van der Waals surface area (Å²) in [6, 6.07) is 13.6. The molecule has 144 valence electrons. The Labute approximate surface area is 160 Å². The summed E-state index contributed by atoms with van der Waals surface area (Å²) in [5, 5.41) is 0. The zero-order chi connectivity index (χ0) is 19.2. The molecule has 0 aromatic heterocycles. The van der Waals surface area contributed by atoms with Crippen molar-refractivity contribution in [3.8, 4) is 17.2 Å². The van der Waals surface area contributed by atoms with Gasteiger partial charge in [0.1, 0.15) is 5.75 Å². The standard InChI is InChI=1S/C21H26N2O4/c1-25-18-6-4-5-17(15-18)22-9-11-23(12-10-22)21(24)14-16-7-8-19(26-2)20(13-16)27-3/h4-8,13,15H,9-12,14H2,1-3H3. The molecule has 0 aliphatic carbocycles. The van der Waals surface area contributed by atoms with Crippen molar-refractivity contribution in [2.45, 2.75) is 6.42 Å². The van der Waals surface area contributed by atoms with Gasteiger partial charge in [-0.05, 0) is 29.8 Å². The van der Waals surface area contributed by atoms with Crippen molar-refractivity contribution in [3.63, 3.8) is 0 Å². The average molecular weight is 370 g/mol. The first-order chi connectivity index (χ1) is 13.1. The van der Waals surface area contributed by atoms with Crippen molar-refractivity contribution < 1.29 is 19.0 Å². The minimum Gasteiger partial charge on any atom is -0.497 e. The third-order valence-electron chi connectivity index (χ3n) is 4.85. The Morgan fingerprint density at radius 1 is 0.889 bits per heavy atom. The Balaban J connectivity index is 1.58. The number of nitrogens with zero attached hydrogens (tertiary/aromatic N) is 2. The van der Waals surface area contributed by atoms with E-state index in [2.05, 4.69) is 11.0 Å². The normalized spacial score (nSPS) is 14.0. The number of anilines is 1. The SMILES string of the molecule is COc1cccc(N2CCN(C(=O)Cc3ccc(OC)c(OC)c3)CC2)c1. The molecule has 0 atom stereocenters. The van der Waals surface area contributed by atoms with Crippen molar-refractivity contribution in [2.24, 2.45) is 0 Å². The van der Waals surface area contributed by atoms with E-state index in [-0.39, 0.29) is 5.91 Å². The number of hydrogen-bond donors (Lipinski definition) is 0.